The fourth-order valence-electron chi connectivity index (χ4n) is 1.58. The van der Waals surface area contributed by atoms with Gasteiger partial charge in [-0.15, -0.1) is 18.2 Å². The summed E-state index contributed by atoms with van der Waals surface area (Å²) in [6, 6.07) is 0. The van der Waals surface area contributed by atoms with Crippen molar-refractivity contribution in [2.24, 2.45) is 0 Å². The highest BCUT2D eigenvalue weighted by Crippen LogP contribution is 2.29. The number of carbonyl (C=O) groups excluding carboxylic acids is 2. The number of carbonyl (C=O) groups is 2. The van der Waals surface area contributed by atoms with Crippen molar-refractivity contribution < 1.29 is 19.1 Å². The molecule has 0 aliphatic rings. The van der Waals surface area contributed by atoms with Gasteiger partial charge in [0, 0.05) is 6.54 Å². The fourth-order valence-corrected chi connectivity index (χ4v) is 2.83. The third-order valence-electron chi connectivity index (χ3n) is 2.43. The molecule has 0 atom stereocenters. The molecule has 0 unspecified atom stereocenters. The van der Waals surface area contributed by atoms with Gasteiger partial charge in [0.25, 0.3) is 0 Å². The van der Waals surface area contributed by atoms with Gasteiger partial charge in [-0.2, -0.15) is 0 Å². The largest absolute Gasteiger partial charge is 0.462 e. The molecule has 23 heavy (non-hydrogen) atoms. The number of anilines is 1. The third-order valence-corrected chi connectivity index (χ3v) is 3.78. The van der Waals surface area contributed by atoms with Gasteiger partial charge in [-0.05, 0) is 27.7 Å². The standard InChI is InChI=1S/C15H21ClN2O4S/c1-6-8-18(14(20)22-15(3,4)5)13-17-10(9-16)11(23-13)12(19)21-7-2/h6H,1,7-9H2,2-5H3. The number of hydrogen-bond donors (Lipinski definition) is 0. The molecule has 0 aliphatic carbocycles. The Hall–Kier alpha value is -1.60. The second-order valence-corrected chi connectivity index (χ2v) is 6.75. The van der Waals surface area contributed by atoms with E-state index in [1.165, 1.54) is 4.90 Å². The van der Waals surface area contributed by atoms with Gasteiger partial charge in [-0.25, -0.2) is 19.5 Å². The summed E-state index contributed by atoms with van der Waals surface area (Å²) in [5.41, 5.74) is -0.268. The van der Waals surface area contributed by atoms with E-state index in [4.69, 9.17) is 21.1 Å². The number of thiazole rings is 1. The average Bonchev–Trinajstić information content (AvgIpc) is 2.86. The number of hydrogen-bond acceptors (Lipinski definition) is 6. The Balaban J connectivity index is 3.15. The van der Waals surface area contributed by atoms with Gasteiger partial charge >= 0.3 is 12.1 Å². The van der Waals surface area contributed by atoms with E-state index in [1.54, 1.807) is 33.8 Å². The molecule has 0 bridgehead atoms. The summed E-state index contributed by atoms with van der Waals surface area (Å²) in [6.45, 7) is 11.1. The molecule has 1 aromatic heterocycles. The fraction of sp³-hybridized carbons (Fsp3) is 0.533. The Morgan fingerprint density at radius 1 is 1.43 bits per heavy atom. The molecule has 0 spiro atoms. The minimum atomic E-state index is -0.646. The lowest BCUT2D eigenvalue weighted by molar-refractivity contribution is 0.0529. The molecule has 0 fully saturated rings. The Bertz CT molecular complexity index is 581. The Morgan fingerprint density at radius 2 is 2.09 bits per heavy atom. The Labute approximate surface area is 145 Å². The van der Waals surface area contributed by atoms with E-state index in [0.29, 0.717) is 10.8 Å². The van der Waals surface area contributed by atoms with Crippen molar-refractivity contribution in [1.29, 1.82) is 0 Å². The van der Waals surface area contributed by atoms with Crippen molar-refractivity contribution in [3.63, 3.8) is 0 Å². The maximum absolute atomic E-state index is 12.3. The number of nitrogens with zero attached hydrogens (tertiary/aromatic N) is 2. The molecule has 1 rings (SSSR count). The van der Waals surface area contributed by atoms with Crippen molar-refractivity contribution in [3.05, 3.63) is 23.2 Å². The Kier molecular flexibility index (Phi) is 7.02. The Morgan fingerprint density at radius 3 is 2.57 bits per heavy atom. The topological polar surface area (TPSA) is 68.7 Å². The van der Waals surface area contributed by atoms with Crippen LogP contribution in [0.15, 0.2) is 12.7 Å². The third kappa shape index (κ3) is 5.51. The normalized spacial score (nSPS) is 11.0. The number of amides is 1. The molecule has 128 valence electrons. The summed E-state index contributed by atoms with van der Waals surface area (Å²) < 4.78 is 10.3. The monoisotopic (exact) mass is 360 g/mol. The summed E-state index contributed by atoms with van der Waals surface area (Å²) >= 11 is 6.88. The van der Waals surface area contributed by atoms with Crippen LogP contribution in [-0.2, 0) is 15.4 Å². The summed E-state index contributed by atoms with van der Waals surface area (Å²) in [5, 5.41) is 0.317. The van der Waals surface area contributed by atoms with E-state index in [1.807, 2.05) is 0 Å². The van der Waals surface area contributed by atoms with Gasteiger partial charge in [-0.3, -0.25) is 0 Å². The molecule has 0 aliphatic heterocycles. The highest BCUT2D eigenvalue weighted by atomic mass is 35.5. The summed E-state index contributed by atoms with van der Waals surface area (Å²) in [7, 11) is 0. The van der Waals surface area contributed by atoms with E-state index in [0.717, 1.165) is 11.3 Å². The van der Waals surface area contributed by atoms with Gasteiger partial charge < -0.3 is 9.47 Å². The van der Waals surface area contributed by atoms with Crippen molar-refractivity contribution in [1.82, 2.24) is 4.98 Å². The van der Waals surface area contributed by atoms with E-state index in [9.17, 15) is 9.59 Å². The first-order valence-electron chi connectivity index (χ1n) is 7.07. The van der Waals surface area contributed by atoms with Gasteiger partial charge in [0.05, 0.1) is 18.2 Å². The van der Waals surface area contributed by atoms with Crippen LogP contribution in [0.1, 0.15) is 43.1 Å². The SMILES string of the molecule is C=CCN(C(=O)OC(C)(C)C)c1nc(CCl)c(C(=O)OCC)s1. The van der Waals surface area contributed by atoms with Crippen LogP contribution in [0.2, 0.25) is 0 Å². The van der Waals surface area contributed by atoms with E-state index < -0.39 is 17.7 Å². The van der Waals surface area contributed by atoms with E-state index >= 15 is 0 Å². The number of alkyl halides is 1. The molecule has 6 nitrogen and oxygen atoms in total. The van der Waals surface area contributed by atoms with Crippen LogP contribution in [0.4, 0.5) is 9.93 Å². The first-order valence-corrected chi connectivity index (χ1v) is 8.42. The number of ether oxygens (including phenoxy) is 2. The zero-order chi connectivity index (χ0) is 17.6. The predicted molar refractivity (Wildman–Crippen MR) is 91.4 cm³/mol. The zero-order valence-corrected chi connectivity index (χ0v) is 15.3. The summed E-state index contributed by atoms with van der Waals surface area (Å²) in [4.78, 5) is 30.1. The molecular weight excluding hydrogens is 340 g/mol. The van der Waals surface area contributed by atoms with Gasteiger partial charge in [0.15, 0.2) is 5.13 Å². The molecule has 0 saturated carbocycles. The predicted octanol–water partition coefficient (Wildman–Crippen LogP) is 3.99. The first-order chi connectivity index (χ1) is 10.7. The second kappa shape index (κ2) is 8.31. The quantitative estimate of drug-likeness (QED) is 0.436. The van der Waals surface area contributed by atoms with Crippen molar-refractivity contribution >= 4 is 40.1 Å². The highest BCUT2D eigenvalue weighted by Gasteiger charge is 2.27. The van der Waals surface area contributed by atoms with Gasteiger partial charge in [0.1, 0.15) is 10.5 Å². The van der Waals surface area contributed by atoms with Crippen LogP contribution < -0.4 is 4.90 Å². The van der Waals surface area contributed by atoms with Crippen molar-refractivity contribution in [2.75, 3.05) is 18.1 Å². The lowest BCUT2D eigenvalue weighted by atomic mass is 10.2. The van der Waals surface area contributed by atoms with Crippen LogP contribution in [0.5, 0.6) is 0 Å². The van der Waals surface area contributed by atoms with E-state index in [-0.39, 0.29) is 23.9 Å². The molecular formula is C15H21ClN2O4S. The number of aromatic nitrogens is 1. The smallest absolute Gasteiger partial charge is 0.416 e. The molecule has 0 radical (unpaired) electrons. The molecule has 0 N–H and O–H groups in total. The minimum absolute atomic E-state index is 0.0426. The van der Waals surface area contributed by atoms with Crippen LogP contribution in [0.25, 0.3) is 0 Å². The van der Waals surface area contributed by atoms with E-state index in [2.05, 4.69) is 11.6 Å². The number of halogens is 1. The van der Waals surface area contributed by atoms with Crippen LogP contribution in [0, 0.1) is 0 Å². The number of rotatable bonds is 6. The molecule has 1 heterocycles. The maximum atomic E-state index is 12.3. The van der Waals surface area contributed by atoms with Crippen LogP contribution in [0.3, 0.4) is 0 Å². The molecule has 8 heteroatoms. The molecule has 1 amide bonds. The summed E-state index contributed by atoms with van der Waals surface area (Å²) in [5.74, 6) is -0.462. The number of esters is 1. The summed E-state index contributed by atoms with van der Waals surface area (Å²) in [6.07, 6.45) is 0.984. The van der Waals surface area contributed by atoms with Crippen molar-refractivity contribution in [3.8, 4) is 0 Å². The van der Waals surface area contributed by atoms with Crippen molar-refractivity contribution in [2.45, 2.75) is 39.2 Å². The molecule has 1 aromatic rings. The van der Waals surface area contributed by atoms with Gasteiger partial charge in [-0.1, -0.05) is 17.4 Å². The van der Waals surface area contributed by atoms with Gasteiger partial charge in [0.2, 0.25) is 0 Å². The average molecular weight is 361 g/mol. The maximum Gasteiger partial charge on any atom is 0.416 e. The lowest BCUT2D eigenvalue weighted by Crippen LogP contribution is -2.37. The first kappa shape index (κ1) is 19.4. The van der Waals surface area contributed by atoms with Crippen LogP contribution in [-0.4, -0.2) is 35.8 Å². The van der Waals surface area contributed by atoms with Crippen LogP contribution >= 0.6 is 22.9 Å². The zero-order valence-electron chi connectivity index (χ0n) is 13.7. The molecule has 0 saturated heterocycles. The second-order valence-electron chi connectivity index (χ2n) is 5.51. The lowest BCUT2D eigenvalue weighted by Gasteiger charge is -2.24. The minimum Gasteiger partial charge on any atom is -0.462 e. The molecule has 0 aromatic carbocycles. The highest BCUT2D eigenvalue weighted by molar-refractivity contribution is 7.17.